The van der Waals surface area contributed by atoms with Gasteiger partial charge in [-0.15, -0.1) is 0 Å². The molecule has 0 saturated heterocycles. The SMILES string of the molecule is C=CC(=O)Nc1cc(C(C)(C)C)nn1CC. The van der Waals surface area contributed by atoms with Gasteiger partial charge in [-0.05, 0) is 13.0 Å². The van der Waals surface area contributed by atoms with Crippen LogP contribution in [0.3, 0.4) is 0 Å². The van der Waals surface area contributed by atoms with E-state index in [4.69, 9.17) is 0 Å². The third-order valence-electron chi connectivity index (χ3n) is 2.28. The molecule has 4 nitrogen and oxygen atoms in total. The van der Waals surface area contributed by atoms with Gasteiger partial charge in [-0.3, -0.25) is 4.79 Å². The molecule has 0 fully saturated rings. The molecular formula is C12H19N3O. The minimum Gasteiger partial charge on any atom is -0.307 e. The number of aryl methyl sites for hydroxylation is 1. The number of hydrogen-bond acceptors (Lipinski definition) is 2. The van der Waals surface area contributed by atoms with Crippen molar-refractivity contribution in [1.29, 1.82) is 0 Å². The van der Waals surface area contributed by atoms with Crippen LogP contribution in [0.15, 0.2) is 18.7 Å². The van der Waals surface area contributed by atoms with Crippen LogP contribution in [-0.4, -0.2) is 15.7 Å². The highest BCUT2D eigenvalue weighted by Gasteiger charge is 2.19. The normalized spacial score (nSPS) is 11.2. The van der Waals surface area contributed by atoms with Gasteiger partial charge in [0.2, 0.25) is 5.91 Å². The molecule has 1 heterocycles. The maximum absolute atomic E-state index is 11.2. The molecule has 0 saturated carbocycles. The lowest BCUT2D eigenvalue weighted by Crippen LogP contribution is -2.13. The van der Waals surface area contributed by atoms with Gasteiger partial charge >= 0.3 is 0 Å². The highest BCUT2D eigenvalue weighted by molar-refractivity contribution is 5.98. The summed E-state index contributed by atoms with van der Waals surface area (Å²) >= 11 is 0. The lowest BCUT2D eigenvalue weighted by Gasteiger charge is -2.13. The van der Waals surface area contributed by atoms with E-state index in [0.717, 1.165) is 18.1 Å². The number of anilines is 1. The Morgan fingerprint density at radius 1 is 1.62 bits per heavy atom. The fourth-order valence-corrected chi connectivity index (χ4v) is 1.30. The van der Waals surface area contributed by atoms with Crippen LogP contribution in [0.25, 0.3) is 0 Å². The molecule has 1 amide bonds. The van der Waals surface area contributed by atoms with Crippen LogP contribution in [-0.2, 0) is 16.8 Å². The molecule has 1 aromatic rings. The first-order chi connectivity index (χ1) is 7.38. The maximum atomic E-state index is 11.2. The molecule has 16 heavy (non-hydrogen) atoms. The van der Waals surface area contributed by atoms with Crippen LogP contribution >= 0.6 is 0 Å². The van der Waals surface area contributed by atoms with Gasteiger partial charge in [-0.2, -0.15) is 5.10 Å². The van der Waals surface area contributed by atoms with Gasteiger partial charge in [0.1, 0.15) is 5.82 Å². The Balaban J connectivity index is 3.04. The van der Waals surface area contributed by atoms with Crippen LogP contribution in [0.1, 0.15) is 33.4 Å². The summed E-state index contributed by atoms with van der Waals surface area (Å²) in [5.74, 6) is 0.507. The molecule has 0 radical (unpaired) electrons. The van der Waals surface area contributed by atoms with E-state index >= 15 is 0 Å². The average Bonchev–Trinajstić information content (AvgIpc) is 2.60. The Morgan fingerprint density at radius 3 is 2.69 bits per heavy atom. The zero-order valence-electron chi connectivity index (χ0n) is 10.4. The molecule has 1 aromatic heterocycles. The first-order valence-corrected chi connectivity index (χ1v) is 5.40. The van der Waals surface area contributed by atoms with Crippen molar-refractivity contribution in [2.45, 2.75) is 39.7 Å². The molecule has 0 atom stereocenters. The summed E-state index contributed by atoms with van der Waals surface area (Å²) < 4.78 is 1.78. The van der Waals surface area contributed by atoms with E-state index in [1.54, 1.807) is 4.68 Å². The van der Waals surface area contributed by atoms with Crippen molar-refractivity contribution in [3.05, 3.63) is 24.4 Å². The third-order valence-corrected chi connectivity index (χ3v) is 2.28. The second-order valence-corrected chi connectivity index (χ2v) is 4.67. The van der Waals surface area contributed by atoms with E-state index in [2.05, 4.69) is 37.8 Å². The van der Waals surface area contributed by atoms with Crippen molar-refractivity contribution in [1.82, 2.24) is 9.78 Å². The predicted molar refractivity (Wildman–Crippen MR) is 65.4 cm³/mol. The number of nitrogens with zero attached hydrogens (tertiary/aromatic N) is 2. The van der Waals surface area contributed by atoms with E-state index in [0.29, 0.717) is 0 Å². The van der Waals surface area contributed by atoms with Gasteiger partial charge in [-0.1, -0.05) is 27.4 Å². The van der Waals surface area contributed by atoms with E-state index < -0.39 is 0 Å². The monoisotopic (exact) mass is 221 g/mol. The molecule has 0 aromatic carbocycles. The second kappa shape index (κ2) is 4.51. The van der Waals surface area contributed by atoms with Gasteiger partial charge in [0, 0.05) is 18.0 Å². The van der Waals surface area contributed by atoms with Crippen molar-refractivity contribution in [2.24, 2.45) is 0 Å². The fourth-order valence-electron chi connectivity index (χ4n) is 1.30. The highest BCUT2D eigenvalue weighted by atomic mass is 16.1. The summed E-state index contributed by atoms with van der Waals surface area (Å²) in [6.45, 7) is 12.4. The van der Waals surface area contributed by atoms with E-state index in [9.17, 15) is 4.79 Å². The highest BCUT2D eigenvalue weighted by Crippen LogP contribution is 2.23. The Bertz CT molecular complexity index is 399. The number of nitrogens with one attached hydrogen (secondary N) is 1. The molecule has 1 rings (SSSR count). The van der Waals surface area contributed by atoms with E-state index in [1.807, 2.05) is 13.0 Å². The van der Waals surface area contributed by atoms with Crippen LogP contribution < -0.4 is 5.32 Å². The fraction of sp³-hybridized carbons (Fsp3) is 0.500. The molecule has 1 N–H and O–H groups in total. The number of carbonyl (C=O) groups is 1. The van der Waals surface area contributed by atoms with Gasteiger partial charge in [-0.25, -0.2) is 4.68 Å². The van der Waals surface area contributed by atoms with Crippen molar-refractivity contribution in [3.8, 4) is 0 Å². The van der Waals surface area contributed by atoms with E-state index in [-0.39, 0.29) is 11.3 Å². The summed E-state index contributed by atoms with van der Waals surface area (Å²) in [7, 11) is 0. The first-order valence-electron chi connectivity index (χ1n) is 5.40. The molecule has 88 valence electrons. The molecule has 0 aliphatic carbocycles. The molecule has 0 aliphatic rings. The summed E-state index contributed by atoms with van der Waals surface area (Å²) in [5, 5.41) is 7.20. The van der Waals surface area contributed by atoms with Crippen molar-refractivity contribution in [2.75, 3.05) is 5.32 Å². The Morgan fingerprint density at radius 2 is 2.25 bits per heavy atom. The van der Waals surface area contributed by atoms with Crippen molar-refractivity contribution >= 4 is 11.7 Å². The number of hydrogen-bond donors (Lipinski definition) is 1. The van der Waals surface area contributed by atoms with E-state index in [1.165, 1.54) is 6.08 Å². The molecule has 0 unspecified atom stereocenters. The molecule has 0 spiro atoms. The predicted octanol–water partition coefficient (Wildman–Crippen LogP) is 2.33. The van der Waals surface area contributed by atoms with Crippen LogP contribution in [0.2, 0.25) is 0 Å². The summed E-state index contributed by atoms with van der Waals surface area (Å²) in [6.07, 6.45) is 1.25. The maximum Gasteiger partial charge on any atom is 0.248 e. The van der Waals surface area contributed by atoms with Crippen molar-refractivity contribution < 1.29 is 4.79 Å². The largest absolute Gasteiger partial charge is 0.307 e. The minimum atomic E-state index is -0.213. The third kappa shape index (κ3) is 2.72. The Hall–Kier alpha value is -1.58. The van der Waals surface area contributed by atoms with Crippen LogP contribution in [0.4, 0.5) is 5.82 Å². The lowest BCUT2D eigenvalue weighted by molar-refractivity contribution is -0.111. The first kappa shape index (κ1) is 12.5. The average molecular weight is 221 g/mol. The molecule has 0 aliphatic heterocycles. The number of carbonyl (C=O) groups excluding carboxylic acids is 1. The summed E-state index contributed by atoms with van der Waals surface area (Å²) in [6, 6.07) is 1.91. The molecule has 0 bridgehead atoms. The van der Waals surface area contributed by atoms with Crippen LogP contribution in [0, 0.1) is 0 Å². The zero-order chi connectivity index (χ0) is 12.3. The molecule has 4 heteroatoms. The summed E-state index contributed by atoms with van der Waals surface area (Å²) in [4.78, 5) is 11.2. The summed E-state index contributed by atoms with van der Waals surface area (Å²) in [5.41, 5.74) is 0.947. The van der Waals surface area contributed by atoms with Gasteiger partial charge in [0.05, 0.1) is 5.69 Å². The van der Waals surface area contributed by atoms with Gasteiger partial charge in [0.25, 0.3) is 0 Å². The van der Waals surface area contributed by atoms with Crippen molar-refractivity contribution in [3.63, 3.8) is 0 Å². The number of amides is 1. The smallest absolute Gasteiger partial charge is 0.248 e. The molecular weight excluding hydrogens is 202 g/mol. The standard InChI is InChI=1S/C12H19N3O/c1-6-11(16)13-10-8-9(12(3,4)5)14-15(10)7-2/h6,8H,1,7H2,2-5H3,(H,13,16). The number of rotatable bonds is 3. The van der Waals surface area contributed by atoms with Crippen LogP contribution in [0.5, 0.6) is 0 Å². The lowest BCUT2D eigenvalue weighted by atomic mass is 9.92. The Kier molecular flexibility index (Phi) is 3.52. The Labute approximate surface area is 96.3 Å². The number of aromatic nitrogens is 2. The topological polar surface area (TPSA) is 46.9 Å². The van der Waals surface area contributed by atoms with Gasteiger partial charge in [0.15, 0.2) is 0 Å². The zero-order valence-corrected chi connectivity index (χ0v) is 10.4. The second-order valence-electron chi connectivity index (χ2n) is 4.67. The quantitative estimate of drug-likeness (QED) is 0.796. The minimum absolute atomic E-state index is 0.0198. The van der Waals surface area contributed by atoms with Gasteiger partial charge < -0.3 is 5.32 Å².